The molecule has 1 saturated heterocycles. The number of benzene rings is 1. The van der Waals surface area contributed by atoms with Gasteiger partial charge in [0.15, 0.2) is 23.0 Å². The normalized spacial score (nSPS) is 31.1. The fourth-order valence-electron chi connectivity index (χ4n) is 3.05. The molecular weight excluding hydrogens is 308 g/mol. The van der Waals surface area contributed by atoms with Crippen LogP contribution < -0.4 is 0 Å². The maximum Gasteiger partial charge on any atom is 0.200 e. The second kappa shape index (κ2) is 5.32. The number of phenolic OH excluding ortho intramolecular Hbond substituents is 3. The molecule has 1 aromatic rings. The van der Waals surface area contributed by atoms with Crippen LogP contribution in [0.3, 0.4) is 0 Å². The van der Waals surface area contributed by atoms with Gasteiger partial charge >= 0.3 is 0 Å². The van der Waals surface area contributed by atoms with Gasteiger partial charge in [0.05, 0.1) is 18.4 Å². The number of phenols is 3. The molecular formula is C15H14O8. The van der Waals surface area contributed by atoms with Crippen molar-refractivity contribution in [3.8, 4) is 17.2 Å². The average Bonchev–Trinajstić information content (AvgIpc) is 2.47. The first kappa shape index (κ1) is 15.4. The van der Waals surface area contributed by atoms with Crippen LogP contribution in [0, 0.1) is 5.92 Å². The van der Waals surface area contributed by atoms with E-state index in [9.17, 15) is 34.8 Å². The number of aliphatic hydroxyl groups is 1. The zero-order valence-electron chi connectivity index (χ0n) is 11.8. The van der Waals surface area contributed by atoms with Crippen LogP contribution in [0.25, 0.3) is 0 Å². The van der Waals surface area contributed by atoms with Crippen molar-refractivity contribution in [2.24, 2.45) is 5.92 Å². The highest BCUT2D eigenvalue weighted by Crippen LogP contribution is 2.42. The quantitative estimate of drug-likeness (QED) is 0.408. The van der Waals surface area contributed by atoms with E-state index in [1.165, 1.54) is 0 Å². The van der Waals surface area contributed by atoms with Gasteiger partial charge in [0.25, 0.3) is 0 Å². The molecule has 2 aliphatic rings. The number of ether oxygens (including phenoxy) is 1. The molecule has 122 valence electrons. The first-order valence-electron chi connectivity index (χ1n) is 6.96. The second-order valence-corrected chi connectivity index (χ2v) is 5.72. The predicted molar refractivity (Wildman–Crippen MR) is 72.8 cm³/mol. The Bertz CT molecular complexity index is 686. The van der Waals surface area contributed by atoms with Crippen LogP contribution in [-0.2, 0) is 19.1 Å². The van der Waals surface area contributed by atoms with Gasteiger partial charge in [0, 0.05) is 6.42 Å². The van der Waals surface area contributed by atoms with Gasteiger partial charge < -0.3 is 25.2 Å². The largest absolute Gasteiger partial charge is 0.504 e. The minimum atomic E-state index is -1.63. The molecule has 1 aromatic carbocycles. The fraction of sp³-hybridized carbons (Fsp3) is 0.400. The molecule has 8 nitrogen and oxygen atoms in total. The van der Waals surface area contributed by atoms with Gasteiger partial charge in [-0.1, -0.05) is 0 Å². The fourth-order valence-corrected chi connectivity index (χ4v) is 3.05. The molecule has 2 fully saturated rings. The van der Waals surface area contributed by atoms with Gasteiger partial charge in [0.2, 0.25) is 0 Å². The summed E-state index contributed by atoms with van der Waals surface area (Å²) in [5.41, 5.74) is 0.00534. The molecule has 0 aromatic heterocycles. The van der Waals surface area contributed by atoms with E-state index in [0.717, 1.165) is 12.1 Å². The topological polar surface area (TPSA) is 141 Å². The summed E-state index contributed by atoms with van der Waals surface area (Å²) in [6.07, 6.45) is -4.37. The van der Waals surface area contributed by atoms with E-state index in [1.54, 1.807) is 0 Å². The van der Waals surface area contributed by atoms with Crippen LogP contribution in [0.15, 0.2) is 12.1 Å². The van der Waals surface area contributed by atoms with E-state index in [-0.39, 0.29) is 24.2 Å². The van der Waals surface area contributed by atoms with Crippen LogP contribution in [0.5, 0.6) is 17.2 Å². The maximum absolute atomic E-state index is 12.3. The van der Waals surface area contributed by atoms with Crippen LogP contribution in [-0.4, -0.2) is 50.0 Å². The van der Waals surface area contributed by atoms with Gasteiger partial charge in [-0.25, -0.2) is 0 Å². The summed E-state index contributed by atoms with van der Waals surface area (Å²) in [7, 11) is 0. The number of fused-ring (bicyclic) bond motifs is 1. The summed E-state index contributed by atoms with van der Waals surface area (Å²) in [6.45, 7) is 0. The Morgan fingerprint density at radius 3 is 2.26 bits per heavy atom. The molecule has 23 heavy (non-hydrogen) atoms. The van der Waals surface area contributed by atoms with E-state index in [0.29, 0.717) is 0 Å². The van der Waals surface area contributed by atoms with Crippen molar-refractivity contribution in [1.82, 2.24) is 0 Å². The van der Waals surface area contributed by atoms with Crippen molar-refractivity contribution < 1.29 is 39.5 Å². The van der Waals surface area contributed by atoms with Crippen LogP contribution >= 0.6 is 0 Å². The van der Waals surface area contributed by atoms with Gasteiger partial charge in [-0.2, -0.15) is 0 Å². The van der Waals surface area contributed by atoms with E-state index in [2.05, 4.69) is 0 Å². The number of carbonyl (C=O) groups is 3. The zero-order chi connectivity index (χ0) is 16.9. The lowest BCUT2D eigenvalue weighted by Crippen LogP contribution is -2.54. The molecule has 1 saturated carbocycles. The number of aromatic hydroxyl groups is 3. The average molecular weight is 322 g/mol. The van der Waals surface area contributed by atoms with Crippen molar-refractivity contribution in [3.63, 3.8) is 0 Å². The molecule has 4 atom stereocenters. The number of hydrogen-bond acceptors (Lipinski definition) is 8. The van der Waals surface area contributed by atoms with E-state index in [4.69, 9.17) is 4.74 Å². The molecule has 4 N–H and O–H groups in total. The molecule has 0 radical (unpaired) electrons. The van der Waals surface area contributed by atoms with Crippen molar-refractivity contribution in [2.45, 2.75) is 31.2 Å². The SMILES string of the molecule is O=C1CC(=O)C2C(C1)OC(c1cc(O)c(O)c(O)c1)C(=O)C2O. The number of rotatable bonds is 1. The van der Waals surface area contributed by atoms with Crippen molar-refractivity contribution in [3.05, 3.63) is 17.7 Å². The Morgan fingerprint density at radius 1 is 1.04 bits per heavy atom. The number of aliphatic hydroxyl groups excluding tert-OH is 1. The van der Waals surface area contributed by atoms with Crippen molar-refractivity contribution in [1.29, 1.82) is 0 Å². The van der Waals surface area contributed by atoms with E-state index in [1.807, 2.05) is 0 Å². The summed E-state index contributed by atoms with van der Waals surface area (Å²) < 4.78 is 5.49. The molecule has 4 unspecified atom stereocenters. The smallest absolute Gasteiger partial charge is 0.200 e. The molecule has 3 rings (SSSR count). The summed E-state index contributed by atoms with van der Waals surface area (Å²) in [6, 6.07) is 2.02. The van der Waals surface area contributed by atoms with Crippen LogP contribution in [0.1, 0.15) is 24.5 Å². The van der Waals surface area contributed by atoms with E-state index >= 15 is 0 Å². The molecule has 1 aliphatic carbocycles. The number of carbonyl (C=O) groups excluding carboxylic acids is 3. The molecule has 0 bridgehead atoms. The number of Topliss-reactive ketones (excluding diaryl/α,β-unsaturated/α-hetero) is 3. The third kappa shape index (κ3) is 2.45. The van der Waals surface area contributed by atoms with Gasteiger partial charge in [0.1, 0.15) is 23.8 Å². The zero-order valence-corrected chi connectivity index (χ0v) is 11.8. The van der Waals surface area contributed by atoms with Gasteiger partial charge in [-0.3, -0.25) is 14.4 Å². The predicted octanol–water partition coefficient (Wildman–Crippen LogP) is -0.279. The first-order chi connectivity index (χ1) is 10.8. The third-order valence-corrected chi connectivity index (χ3v) is 4.17. The Kier molecular flexibility index (Phi) is 3.57. The Balaban J connectivity index is 1.97. The minimum absolute atomic E-state index is 0.00534. The van der Waals surface area contributed by atoms with Crippen LogP contribution in [0.4, 0.5) is 0 Å². The maximum atomic E-state index is 12.3. The first-order valence-corrected chi connectivity index (χ1v) is 6.96. The van der Waals surface area contributed by atoms with Crippen molar-refractivity contribution in [2.75, 3.05) is 0 Å². The lowest BCUT2D eigenvalue weighted by molar-refractivity contribution is -0.180. The van der Waals surface area contributed by atoms with Gasteiger partial charge in [-0.15, -0.1) is 0 Å². The monoisotopic (exact) mass is 322 g/mol. The molecule has 8 heteroatoms. The lowest BCUT2D eigenvalue weighted by atomic mass is 9.76. The number of hydrogen-bond donors (Lipinski definition) is 4. The van der Waals surface area contributed by atoms with E-state index < -0.39 is 53.0 Å². The van der Waals surface area contributed by atoms with Gasteiger partial charge in [-0.05, 0) is 17.7 Å². The second-order valence-electron chi connectivity index (χ2n) is 5.72. The highest BCUT2D eigenvalue weighted by Gasteiger charge is 2.51. The van der Waals surface area contributed by atoms with Crippen LogP contribution in [0.2, 0.25) is 0 Å². The summed E-state index contributed by atoms with van der Waals surface area (Å²) in [5.74, 6) is -4.85. The summed E-state index contributed by atoms with van der Waals surface area (Å²) in [5, 5.41) is 38.5. The third-order valence-electron chi connectivity index (χ3n) is 4.17. The summed E-state index contributed by atoms with van der Waals surface area (Å²) >= 11 is 0. The van der Waals surface area contributed by atoms with Crippen molar-refractivity contribution >= 4 is 17.3 Å². The Morgan fingerprint density at radius 2 is 1.65 bits per heavy atom. The highest BCUT2D eigenvalue weighted by molar-refractivity contribution is 6.06. The molecule has 0 spiro atoms. The minimum Gasteiger partial charge on any atom is -0.504 e. The highest BCUT2D eigenvalue weighted by atomic mass is 16.5. The Labute approximate surface area is 129 Å². The Hall–Kier alpha value is -2.45. The molecule has 0 amide bonds. The molecule has 1 aliphatic heterocycles. The lowest BCUT2D eigenvalue weighted by Gasteiger charge is -2.40. The summed E-state index contributed by atoms with van der Waals surface area (Å²) in [4.78, 5) is 35.7. The standard InChI is InChI=1S/C15H14O8/c16-6-3-7(17)11-10(4-6)23-15(14(22)13(11)21)5-1-8(18)12(20)9(19)2-5/h1-2,10-11,13,15,18-21H,3-4H2. The molecule has 1 heterocycles. The number of ketones is 3.